The highest BCUT2D eigenvalue weighted by Gasteiger charge is 2.37. The van der Waals surface area contributed by atoms with E-state index in [4.69, 9.17) is 28.9 Å². The van der Waals surface area contributed by atoms with Gasteiger partial charge >= 0.3 is 6.03 Å². The van der Waals surface area contributed by atoms with Crippen molar-refractivity contribution in [1.29, 1.82) is 0 Å². The van der Waals surface area contributed by atoms with Crippen LogP contribution in [0.5, 0.6) is 0 Å². The lowest BCUT2D eigenvalue weighted by Gasteiger charge is -2.39. The molecule has 4 rings (SSSR count). The molecule has 3 N–H and O–H groups in total. The van der Waals surface area contributed by atoms with E-state index in [1.165, 1.54) is 6.07 Å². The van der Waals surface area contributed by atoms with Crippen LogP contribution in [-0.2, 0) is 17.6 Å². The van der Waals surface area contributed by atoms with Crippen molar-refractivity contribution in [2.75, 3.05) is 50.7 Å². The summed E-state index contributed by atoms with van der Waals surface area (Å²) in [7, 11) is 0. The number of hydrogen-bond acceptors (Lipinski definition) is 4. The Balaban J connectivity index is 1.47. The quantitative estimate of drug-likeness (QED) is 0.496. The third-order valence-corrected chi connectivity index (χ3v) is 7.85. The highest BCUT2D eigenvalue weighted by Crippen LogP contribution is 2.27. The van der Waals surface area contributed by atoms with E-state index in [-0.39, 0.29) is 17.8 Å². The molecule has 0 spiro atoms. The van der Waals surface area contributed by atoms with Crippen LogP contribution >= 0.6 is 23.2 Å². The molecular weight excluding hydrogens is 516 g/mol. The molecule has 2 unspecified atom stereocenters. The minimum absolute atomic E-state index is 0.0983. The van der Waals surface area contributed by atoms with Crippen LogP contribution in [0.3, 0.4) is 0 Å². The largest absolute Gasteiger partial charge is 0.368 e. The van der Waals surface area contributed by atoms with E-state index in [2.05, 4.69) is 17.1 Å². The van der Waals surface area contributed by atoms with Crippen LogP contribution in [0.25, 0.3) is 0 Å². The van der Waals surface area contributed by atoms with Gasteiger partial charge in [-0.3, -0.25) is 4.79 Å². The molecule has 2 aromatic carbocycles. The second-order valence-corrected chi connectivity index (χ2v) is 10.7. The Labute approximate surface area is 227 Å². The van der Waals surface area contributed by atoms with Gasteiger partial charge in [0, 0.05) is 61.4 Å². The van der Waals surface area contributed by atoms with Crippen LogP contribution in [0.1, 0.15) is 24.5 Å². The number of nitrogens with two attached hydrogens (primary N) is 1. The summed E-state index contributed by atoms with van der Waals surface area (Å²) >= 11 is 12.5. The average Bonchev–Trinajstić information content (AvgIpc) is 3.32. The Bertz CT molecular complexity index is 1130. The number of anilines is 1. The van der Waals surface area contributed by atoms with Gasteiger partial charge < -0.3 is 25.8 Å². The number of halogens is 3. The summed E-state index contributed by atoms with van der Waals surface area (Å²) in [5.74, 6) is 0.0128. The fourth-order valence-electron chi connectivity index (χ4n) is 4.97. The van der Waals surface area contributed by atoms with Crippen molar-refractivity contribution < 1.29 is 14.0 Å². The maximum Gasteiger partial charge on any atom is 0.318 e. The summed E-state index contributed by atoms with van der Waals surface area (Å²) in [5, 5.41) is 3.79. The molecule has 2 aliphatic rings. The SMILES string of the molecule is CC(CN)CCc1cc(F)ccc1N1CCN(C(=O)C(Cc2ccc(Cl)cc2Cl)N2CCNC2=O)CC1. The van der Waals surface area contributed by atoms with E-state index < -0.39 is 6.04 Å². The number of urea groups is 1. The standard InChI is InChI=1S/C27H34Cl2FN5O2/c1-18(17-31)2-3-20-14-22(30)6-7-24(20)33-10-12-34(13-11-33)26(36)25(35-9-8-32-27(35)37)15-19-4-5-21(28)16-23(19)29/h4-7,14,16,18,25H,2-3,8-13,15,17,31H2,1H3,(H,32,37). The van der Waals surface area contributed by atoms with E-state index in [9.17, 15) is 14.0 Å². The maximum absolute atomic E-state index is 14.0. The maximum atomic E-state index is 14.0. The molecule has 0 aromatic heterocycles. The molecule has 3 amide bonds. The predicted octanol–water partition coefficient (Wildman–Crippen LogP) is 3.95. The summed E-state index contributed by atoms with van der Waals surface area (Å²) in [5.41, 5.74) is 8.50. The van der Waals surface area contributed by atoms with E-state index in [1.807, 2.05) is 11.0 Å². The topological polar surface area (TPSA) is 81.9 Å². The Morgan fingerprint density at radius 1 is 1.08 bits per heavy atom. The lowest BCUT2D eigenvalue weighted by molar-refractivity contribution is -0.136. The first-order valence-electron chi connectivity index (χ1n) is 12.8. The van der Waals surface area contributed by atoms with Gasteiger partial charge in [-0.1, -0.05) is 36.2 Å². The van der Waals surface area contributed by atoms with Gasteiger partial charge in [0.15, 0.2) is 0 Å². The van der Waals surface area contributed by atoms with Crippen LogP contribution in [-0.4, -0.2) is 73.6 Å². The fraction of sp³-hybridized carbons (Fsp3) is 0.481. The van der Waals surface area contributed by atoms with Gasteiger partial charge in [0.2, 0.25) is 5.91 Å². The van der Waals surface area contributed by atoms with Gasteiger partial charge in [0.1, 0.15) is 11.9 Å². The molecule has 10 heteroatoms. The van der Waals surface area contributed by atoms with Crippen LogP contribution in [0, 0.1) is 11.7 Å². The summed E-state index contributed by atoms with van der Waals surface area (Å²) in [6.07, 6.45) is 1.95. The van der Waals surface area contributed by atoms with Crippen LogP contribution in [0.2, 0.25) is 10.0 Å². The molecule has 7 nitrogen and oxygen atoms in total. The molecule has 2 aromatic rings. The highest BCUT2D eigenvalue weighted by atomic mass is 35.5. The Kier molecular flexibility index (Phi) is 9.16. The molecule has 2 heterocycles. The number of piperazine rings is 1. The lowest BCUT2D eigenvalue weighted by atomic mass is 9.99. The van der Waals surface area contributed by atoms with Gasteiger partial charge in [-0.25, -0.2) is 9.18 Å². The molecule has 200 valence electrons. The molecule has 37 heavy (non-hydrogen) atoms. The number of nitrogens with zero attached hydrogens (tertiary/aromatic N) is 3. The Morgan fingerprint density at radius 2 is 1.84 bits per heavy atom. The fourth-order valence-corrected chi connectivity index (χ4v) is 5.46. The summed E-state index contributed by atoms with van der Waals surface area (Å²) in [6, 6.07) is 9.21. The van der Waals surface area contributed by atoms with Crippen molar-refractivity contribution in [3.8, 4) is 0 Å². The molecule has 0 saturated carbocycles. The highest BCUT2D eigenvalue weighted by molar-refractivity contribution is 6.35. The number of carbonyl (C=O) groups is 2. The van der Waals surface area contributed by atoms with E-state index in [0.717, 1.165) is 29.7 Å². The summed E-state index contributed by atoms with van der Waals surface area (Å²) in [6.45, 7) is 5.92. The van der Waals surface area contributed by atoms with E-state index in [1.54, 1.807) is 29.2 Å². The smallest absolute Gasteiger partial charge is 0.318 e. The molecular formula is C27H34Cl2FN5O2. The molecule has 2 fully saturated rings. The minimum Gasteiger partial charge on any atom is -0.368 e. The number of carbonyl (C=O) groups excluding carboxylic acids is 2. The van der Waals surface area contributed by atoms with Gasteiger partial charge in [-0.15, -0.1) is 0 Å². The van der Waals surface area contributed by atoms with Crippen LogP contribution < -0.4 is 16.0 Å². The number of rotatable bonds is 9. The van der Waals surface area contributed by atoms with Gasteiger partial charge in [0.05, 0.1) is 0 Å². The number of benzene rings is 2. The molecule has 2 saturated heterocycles. The number of aryl methyl sites for hydroxylation is 1. The van der Waals surface area contributed by atoms with Crippen LogP contribution in [0.15, 0.2) is 36.4 Å². The zero-order chi connectivity index (χ0) is 26.5. The lowest BCUT2D eigenvalue weighted by Crippen LogP contribution is -2.56. The predicted molar refractivity (Wildman–Crippen MR) is 146 cm³/mol. The first kappa shape index (κ1) is 27.5. The third kappa shape index (κ3) is 6.67. The zero-order valence-electron chi connectivity index (χ0n) is 21.1. The normalized spacial score (nSPS) is 17.6. The first-order chi connectivity index (χ1) is 17.8. The van der Waals surface area contributed by atoms with Crippen molar-refractivity contribution >= 4 is 40.8 Å². The minimum atomic E-state index is -0.660. The first-order valence-corrected chi connectivity index (χ1v) is 13.5. The van der Waals surface area contributed by atoms with Gasteiger partial charge in [-0.2, -0.15) is 0 Å². The second-order valence-electron chi connectivity index (χ2n) is 9.85. The van der Waals surface area contributed by atoms with Crippen molar-refractivity contribution in [1.82, 2.24) is 15.1 Å². The summed E-state index contributed by atoms with van der Waals surface area (Å²) in [4.78, 5) is 31.9. The molecule has 0 radical (unpaired) electrons. The molecule has 0 aliphatic carbocycles. The molecule has 2 aliphatic heterocycles. The van der Waals surface area contributed by atoms with Crippen molar-refractivity contribution in [2.24, 2.45) is 11.7 Å². The molecule has 2 atom stereocenters. The van der Waals surface area contributed by atoms with Gasteiger partial charge in [0.25, 0.3) is 0 Å². The third-order valence-electron chi connectivity index (χ3n) is 7.26. The zero-order valence-corrected chi connectivity index (χ0v) is 22.6. The van der Waals surface area contributed by atoms with E-state index >= 15 is 0 Å². The van der Waals surface area contributed by atoms with Crippen molar-refractivity contribution in [2.45, 2.75) is 32.2 Å². The second kappa shape index (κ2) is 12.3. The monoisotopic (exact) mass is 549 g/mol. The average molecular weight is 551 g/mol. The van der Waals surface area contributed by atoms with Gasteiger partial charge in [-0.05, 0) is 66.8 Å². The summed E-state index contributed by atoms with van der Waals surface area (Å²) < 4.78 is 14.0. The van der Waals surface area contributed by atoms with E-state index in [0.29, 0.717) is 68.2 Å². The van der Waals surface area contributed by atoms with Crippen LogP contribution in [0.4, 0.5) is 14.9 Å². The Hall–Kier alpha value is -2.55. The number of hydrogen-bond donors (Lipinski definition) is 2. The van der Waals surface area contributed by atoms with Crippen molar-refractivity contribution in [3.05, 3.63) is 63.4 Å². The molecule has 0 bridgehead atoms. The number of amides is 3. The number of nitrogens with one attached hydrogen (secondary N) is 1. The Morgan fingerprint density at radius 3 is 2.49 bits per heavy atom. The van der Waals surface area contributed by atoms with Crippen molar-refractivity contribution in [3.63, 3.8) is 0 Å².